The van der Waals surface area contributed by atoms with Gasteiger partial charge < -0.3 is 9.88 Å². The Bertz CT molecular complexity index is 714. The summed E-state index contributed by atoms with van der Waals surface area (Å²) in [5.41, 5.74) is 4.70. The van der Waals surface area contributed by atoms with Crippen LogP contribution in [0.2, 0.25) is 0 Å². The third kappa shape index (κ3) is 2.39. The maximum absolute atomic E-state index is 4.76. The molecule has 1 aromatic heterocycles. The SMILES string of the molecule is CNc1ccc2c(c1)nc(CCc1ccccc1)n2C. The van der Waals surface area contributed by atoms with Gasteiger partial charge >= 0.3 is 0 Å². The van der Waals surface area contributed by atoms with Gasteiger partial charge in [0.15, 0.2) is 0 Å². The molecule has 0 saturated heterocycles. The van der Waals surface area contributed by atoms with Gasteiger partial charge in [-0.1, -0.05) is 30.3 Å². The molecule has 0 amide bonds. The van der Waals surface area contributed by atoms with Crippen LogP contribution < -0.4 is 5.32 Å². The normalized spacial score (nSPS) is 10.9. The van der Waals surface area contributed by atoms with E-state index in [1.165, 1.54) is 11.1 Å². The highest BCUT2D eigenvalue weighted by molar-refractivity contribution is 5.80. The molecular weight excluding hydrogens is 246 g/mol. The molecule has 0 atom stereocenters. The summed E-state index contributed by atoms with van der Waals surface area (Å²) < 4.78 is 2.19. The minimum atomic E-state index is 0.962. The summed E-state index contributed by atoms with van der Waals surface area (Å²) in [5, 5.41) is 3.16. The smallest absolute Gasteiger partial charge is 0.109 e. The quantitative estimate of drug-likeness (QED) is 0.783. The van der Waals surface area contributed by atoms with Gasteiger partial charge in [-0.25, -0.2) is 4.98 Å². The third-order valence-electron chi connectivity index (χ3n) is 3.74. The molecule has 0 fully saturated rings. The second kappa shape index (κ2) is 5.37. The number of rotatable bonds is 4. The molecule has 0 saturated carbocycles. The second-order valence-electron chi connectivity index (χ2n) is 5.03. The maximum atomic E-state index is 4.76. The molecular formula is C17H19N3. The average molecular weight is 265 g/mol. The van der Waals surface area contributed by atoms with Gasteiger partial charge in [-0.2, -0.15) is 0 Å². The van der Waals surface area contributed by atoms with Crippen molar-refractivity contribution >= 4 is 16.7 Å². The van der Waals surface area contributed by atoms with Gasteiger partial charge in [0.1, 0.15) is 5.82 Å². The third-order valence-corrected chi connectivity index (χ3v) is 3.74. The molecule has 3 aromatic rings. The predicted octanol–water partition coefficient (Wildman–Crippen LogP) is 3.40. The van der Waals surface area contributed by atoms with Gasteiger partial charge in [0.05, 0.1) is 11.0 Å². The highest BCUT2D eigenvalue weighted by Gasteiger charge is 2.08. The first-order valence-corrected chi connectivity index (χ1v) is 6.95. The van der Waals surface area contributed by atoms with Crippen LogP contribution in [-0.2, 0) is 19.9 Å². The van der Waals surface area contributed by atoms with Crippen LogP contribution in [0.25, 0.3) is 11.0 Å². The predicted molar refractivity (Wildman–Crippen MR) is 84.1 cm³/mol. The molecule has 3 rings (SSSR count). The van der Waals surface area contributed by atoms with E-state index in [9.17, 15) is 0 Å². The number of anilines is 1. The lowest BCUT2D eigenvalue weighted by molar-refractivity contribution is 0.787. The van der Waals surface area contributed by atoms with Crippen molar-refractivity contribution in [1.82, 2.24) is 9.55 Å². The zero-order valence-corrected chi connectivity index (χ0v) is 11.9. The van der Waals surface area contributed by atoms with E-state index in [1.807, 2.05) is 7.05 Å². The van der Waals surface area contributed by atoms with Crippen LogP contribution >= 0.6 is 0 Å². The van der Waals surface area contributed by atoms with Crippen molar-refractivity contribution in [3.05, 3.63) is 59.9 Å². The van der Waals surface area contributed by atoms with E-state index in [0.29, 0.717) is 0 Å². The van der Waals surface area contributed by atoms with E-state index in [1.54, 1.807) is 0 Å². The van der Waals surface area contributed by atoms with Crippen molar-refractivity contribution in [1.29, 1.82) is 0 Å². The van der Waals surface area contributed by atoms with Gasteiger partial charge in [-0.15, -0.1) is 0 Å². The number of aryl methyl sites for hydroxylation is 3. The standard InChI is InChI=1S/C17H19N3/c1-18-14-9-10-16-15(12-14)19-17(20(16)2)11-8-13-6-4-3-5-7-13/h3-7,9-10,12,18H,8,11H2,1-2H3. The molecule has 0 bridgehead atoms. The Hall–Kier alpha value is -2.29. The summed E-state index contributed by atoms with van der Waals surface area (Å²) in [6, 6.07) is 16.9. The Morgan fingerprint density at radius 2 is 1.85 bits per heavy atom. The molecule has 0 radical (unpaired) electrons. The number of hydrogen-bond acceptors (Lipinski definition) is 2. The lowest BCUT2D eigenvalue weighted by Gasteiger charge is -2.03. The van der Waals surface area contributed by atoms with Crippen LogP contribution in [0, 0.1) is 0 Å². The minimum absolute atomic E-state index is 0.962. The largest absolute Gasteiger partial charge is 0.388 e. The number of imidazole rings is 1. The van der Waals surface area contributed by atoms with E-state index in [4.69, 9.17) is 4.98 Å². The van der Waals surface area contributed by atoms with Crippen molar-refractivity contribution in [3.63, 3.8) is 0 Å². The molecule has 1 heterocycles. The van der Waals surface area contributed by atoms with Crippen molar-refractivity contribution in [2.75, 3.05) is 12.4 Å². The lowest BCUT2D eigenvalue weighted by Crippen LogP contribution is -2.00. The Balaban J connectivity index is 1.86. The summed E-state index contributed by atoms with van der Waals surface area (Å²) in [4.78, 5) is 4.76. The fourth-order valence-corrected chi connectivity index (χ4v) is 2.53. The van der Waals surface area contributed by atoms with E-state index >= 15 is 0 Å². The number of nitrogens with zero attached hydrogens (tertiary/aromatic N) is 2. The summed E-state index contributed by atoms with van der Waals surface area (Å²) in [7, 11) is 4.02. The van der Waals surface area contributed by atoms with Gasteiger partial charge in [-0.05, 0) is 30.2 Å². The minimum Gasteiger partial charge on any atom is -0.388 e. The molecule has 3 nitrogen and oxygen atoms in total. The van der Waals surface area contributed by atoms with Gasteiger partial charge in [0.2, 0.25) is 0 Å². The Morgan fingerprint density at radius 3 is 2.60 bits per heavy atom. The molecule has 0 spiro atoms. The molecule has 102 valence electrons. The molecule has 0 aliphatic rings. The van der Waals surface area contributed by atoms with Crippen molar-refractivity contribution in [3.8, 4) is 0 Å². The summed E-state index contributed by atoms with van der Waals surface area (Å²) >= 11 is 0. The number of benzene rings is 2. The van der Waals surface area contributed by atoms with Crippen LogP contribution in [0.1, 0.15) is 11.4 Å². The second-order valence-corrected chi connectivity index (χ2v) is 5.03. The van der Waals surface area contributed by atoms with E-state index in [0.717, 1.165) is 29.9 Å². The monoisotopic (exact) mass is 265 g/mol. The van der Waals surface area contributed by atoms with Crippen LogP contribution in [0.5, 0.6) is 0 Å². The Labute approximate surface area is 119 Å². The number of nitrogens with one attached hydrogen (secondary N) is 1. The summed E-state index contributed by atoms with van der Waals surface area (Å²) in [6.45, 7) is 0. The highest BCUT2D eigenvalue weighted by atomic mass is 15.1. The zero-order chi connectivity index (χ0) is 13.9. The first kappa shape index (κ1) is 12.7. The average Bonchev–Trinajstić information content (AvgIpc) is 2.82. The first-order valence-electron chi connectivity index (χ1n) is 6.95. The molecule has 2 aromatic carbocycles. The first-order chi connectivity index (χ1) is 9.78. The van der Waals surface area contributed by atoms with Crippen LogP contribution in [0.4, 0.5) is 5.69 Å². The van der Waals surface area contributed by atoms with Crippen LogP contribution in [0.3, 0.4) is 0 Å². The van der Waals surface area contributed by atoms with Crippen LogP contribution in [0.15, 0.2) is 48.5 Å². The molecule has 20 heavy (non-hydrogen) atoms. The zero-order valence-electron chi connectivity index (χ0n) is 11.9. The lowest BCUT2D eigenvalue weighted by atomic mass is 10.1. The van der Waals surface area contributed by atoms with Crippen molar-refractivity contribution < 1.29 is 0 Å². The molecule has 0 unspecified atom stereocenters. The van der Waals surface area contributed by atoms with E-state index < -0.39 is 0 Å². The number of aromatic nitrogens is 2. The van der Waals surface area contributed by atoms with Gasteiger partial charge in [-0.3, -0.25) is 0 Å². The number of fused-ring (bicyclic) bond motifs is 1. The van der Waals surface area contributed by atoms with E-state index in [2.05, 4.69) is 65.5 Å². The topological polar surface area (TPSA) is 29.9 Å². The Morgan fingerprint density at radius 1 is 1.05 bits per heavy atom. The highest BCUT2D eigenvalue weighted by Crippen LogP contribution is 2.20. The van der Waals surface area contributed by atoms with Crippen molar-refractivity contribution in [2.45, 2.75) is 12.8 Å². The fraction of sp³-hybridized carbons (Fsp3) is 0.235. The summed E-state index contributed by atoms with van der Waals surface area (Å²) in [6.07, 6.45) is 1.99. The maximum Gasteiger partial charge on any atom is 0.109 e. The summed E-state index contributed by atoms with van der Waals surface area (Å²) in [5.74, 6) is 1.14. The molecule has 0 aliphatic carbocycles. The van der Waals surface area contributed by atoms with E-state index in [-0.39, 0.29) is 0 Å². The van der Waals surface area contributed by atoms with Gasteiger partial charge in [0.25, 0.3) is 0 Å². The fourth-order valence-electron chi connectivity index (χ4n) is 2.53. The molecule has 1 N–H and O–H groups in total. The molecule has 0 aliphatic heterocycles. The number of hydrogen-bond donors (Lipinski definition) is 1. The molecule has 3 heteroatoms. The Kier molecular flexibility index (Phi) is 3.42. The van der Waals surface area contributed by atoms with Crippen LogP contribution in [-0.4, -0.2) is 16.6 Å². The van der Waals surface area contributed by atoms with Crippen molar-refractivity contribution in [2.24, 2.45) is 7.05 Å². The van der Waals surface area contributed by atoms with Gasteiger partial charge in [0, 0.05) is 26.2 Å².